The largest absolute Gasteiger partial charge is 0.398 e. The second-order valence-electron chi connectivity index (χ2n) is 3.38. The van der Waals surface area contributed by atoms with E-state index in [1.807, 2.05) is 30.5 Å². The Morgan fingerprint density at radius 3 is 3.00 bits per heavy atom. The van der Waals surface area contributed by atoms with Crippen molar-refractivity contribution < 1.29 is 0 Å². The van der Waals surface area contributed by atoms with Crippen molar-refractivity contribution in [1.82, 2.24) is 5.43 Å². The van der Waals surface area contributed by atoms with Crippen LogP contribution < -0.4 is 16.3 Å². The first-order valence-corrected chi connectivity index (χ1v) is 6.33. The van der Waals surface area contributed by atoms with E-state index >= 15 is 0 Å². The molecule has 16 heavy (non-hydrogen) atoms. The van der Waals surface area contributed by atoms with E-state index in [-0.39, 0.29) is 0 Å². The molecule has 1 aliphatic heterocycles. The van der Waals surface area contributed by atoms with Gasteiger partial charge in [-0.3, -0.25) is 5.43 Å². The molecular formula is C11H14N4S. The van der Waals surface area contributed by atoms with Crippen LogP contribution >= 0.6 is 11.8 Å². The molecule has 3 N–H and O–H groups in total. The highest BCUT2D eigenvalue weighted by atomic mass is 32.2. The number of nitrogens with two attached hydrogens (primary N) is 1. The molecule has 84 valence electrons. The van der Waals surface area contributed by atoms with E-state index in [1.165, 1.54) is 0 Å². The number of thioether (sulfide) groups is 1. The highest BCUT2D eigenvalue weighted by Crippen LogP contribution is 2.23. The van der Waals surface area contributed by atoms with Crippen LogP contribution in [-0.4, -0.2) is 12.5 Å². The molecule has 1 aromatic rings. The number of nitrogens with one attached hydrogen (secondary N) is 1. The van der Waals surface area contributed by atoms with Crippen LogP contribution in [0.3, 0.4) is 0 Å². The summed E-state index contributed by atoms with van der Waals surface area (Å²) in [5, 5.41) is 5.85. The van der Waals surface area contributed by atoms with E-state index in [0.29, 0.717) is 0 Å². The number of anilines is 2. The van der Waals surface area contributed by atoms with E-state index < -0.39 is 0 Å². The molecule has 0 aromatic heterocycles. The fourth-order valence-electron chi connectivity index (χ4n) is 1.44. The maximum Gasteiger partial charge on any atom is 0.0854 e. The Bertz CT molecular complexity index is 428. The standard InChI is InChI=1S/C11H14N4S/c1-16-8-9-3-4-10(7-11(9)12)15-13-5-2-6-14-15/h2-7,13H,8,12H2,1H3. The Balaban J connectivity index is 2.20. The number of hydrazine groups is 1. The van der Waals surface area contributed by atoms with Gasteiger partial charge >= 0.3 is 0 Å². The van der Waals surface area contributed by atoms with E-state index in [2.05, 4.69) is 16.8 Å². The quantitative estimate of drug-likeness (QED) is 0.785. The van der Waals surface area contributed by atoms with Crippen LogP contribution in [0.1, 0.15) is 5.56 Å². The van der Waals surface area contributed by atoms with Crippen molar-refractivity contribution in [2.45, 2.75) is 5.75 Å². The van der Waals surface area contributed by atoms with Crippen LogP contribution in [-0.2, 0) is 5.75 Å². The Labute approximate surface area is 99.2 Å². The third kappa shape index (κ3) is 2.30. The van der Waals surface area contributed by atoms with Crippen LogP contribution in [0.2, 0.25) is 0 Å². The first-order valence-electron chi connectivity index (χ1n) is 4.94. The molecule has 4 nitrogen and oxygen atoms in total. The van der Waals surface area contributed by atoms with Gasteiger partial charge in [0.05, 0.1) is 11.9 Å². The van der Waals surface area contributed by atoms with Gasteiger partial charge in [0.1, 0.15) is 0 Å². The summed E-state index contributed by atoms with van der Waals surface area (Å²) >= 11 is 1.76. The van der Waals surface area contributed by atoms with Gasteiger partial charge in [-0.15, -0.1) is 0 Å². The predicted octanol–water partition coefficient (Wildman–Crippen LogP) is 1.96. The van der Waals surface area contributed by atoms with Gasteiger partial charge in [0, 0.05) is 17.6 Å². The molecule has 0 atom stereocenters. The molecule has 0 amide bonds. The number of allylic oxidation sites excluding steroid dienone is 1. The number of hydrogen-bond donors (Lipinski definition) is 2. The lowest BCUT2D eigenvalue weighted by molar-refractivity contribution is 0.775. The lowest BCUT2D eigenvalue weighted by atomic mass is 10.2. The van der Waals surface area contributed by atoms with Crippen molar-refractivity contribution in [2.75, 3.05) is 17.1 Å². The molecule has 2 rings (SSSR count). The fraction of sp³-hybridized carbons (Fsp3) is 0.182. The van der Waals surface area contributed by atoms with E-state index in [1.54, 1.807) is 23.1 Å². The van der Waals surface area contributed by atoms with Crippen molar-refractivity contribution in [1.29, 1.82) is 0 Å². The number of hydrazone groups is 1. The van der Waals surface area contributed by atoms with Crippen molar-refractivity contribution in [3.05, 3.63) is 36.0 Å². The minimum Gasteiger partial charge on any atom is -0.398 e. The van der Waals surface area contributed by atoms with Crippen LogP contribution in [0.5, 0.6) is 0 Å². The summed E-state index contributed by atoms with van der Waals surface area (Å²) in [6, 6.07) is 5.97. The number of hydrogen-bond acceptors (Lipinski definition) is 5. The van der Waals surface area contributed by atoms with Crippen molar-refractivity contribution in [2.24, 2.45) is 5.10 Å². The summed E-state index contributed by atoms with van der Waals surface area (Å²) in [6.45, 7) is 0. The van der Waals surface area contributed by atoms with Crippen molar-refractivity contribution in [3.8, 4) is 0 Å². The third-order valence-corrected chi connectivity index (χ3v) is 2.83. The highest BCUT2D eigenvalue weighted by molar-refractivity contribution is 7.97. The monoisotopic (exact) mass is 234 g/mol. The van der Waals surface area contributed by atoms with Gasteiger partial charge in [-0.05, 0) is 30.0 Å². The fourth-order valence-corrected chi connectivity index (χ4v) is 2.01. The highest BCUT2D eigenvalue weighted by Gasteiger charge is 2.06. The van der Waals surface area contributed by atoms with Gasteiger partial charge in [0.15, 0.2) is 0 Å². The normalized spacial score (nSPS) is 13.9. The summed E-state index contributed by atoms with van der Waals surface area (Å²) in [5.74, 6) is 0.933. The lowest BCUT2D eigenvalue weighted by Gasteiger charge is -2.21. The number of rotatable bonds is 3. The molecule has 1 aliphatic rings. The van der Waals surface area contributed by atoms with Crippen LogP contribution in [0.4, 0.5) is 11.4 Å². The zero-order valence-electron chi connectivity index (χ0n) is 9.05. The Morgan fingerprint density at radius 2 is 2.38 bits per heavy atom. The van der Waals surface area contributed by atoms with Gasteiger partial charge in [-0.2, -0.15) is 22.0 Å². The maximum atomic E-state index is 5.98. The molecule has 0 bridgehead atoms. The van der Waals surface area contributed by atoms with Crippen molar-refractivity contribution >= 4 is 29.4 Å². The second kappa shape index (κ2) is 4.94. The van der Waals surface area contributed by atoms with Crippen molar-refractivity contribution in [3.63, 3.8) is 0 Å². The van der Waals surface area contributed by atoms with Gasteiger partial charge in [0.25, 0.3) is 0 Å². The van der Waals surface area contributed by atoms with Gasteiger partial charge in [-0.25, -0.2) is 0 Å². The molecule has 0 fully saturated rings. The van der Waals surface area contributed by atoms with E-state index in [4.69, 9.17) is 5.73 Å². The van der Waals surface area contributed by atoms with Gasteiger partial charge < -0.3 is 5.73 Å². The van der Waals surface area contributed by atoms with E-state index in [0.717, 1.165) is 22.7 Å². The molecule has 0 spiro atoms. The minimum atomic E-state index is 0.804. The summed E-state index contributed by atoms with van der Waals surface area (Å²) in [7, 11) is 0. The molecule has 0 radical (unpaired) electrons. The average molecular weight is 234 g/mol. The average Bonchev–Trinajstić information content (AvgIpc) is 2.33. The smallest absolute Gasteiger partial charge is 0.0854 e. The topological polar surface area (TPSA) is 53.6 Å². The third-order valence-electron chi connectivity index (χ3n) is 2.24. The zero-order chi connectivity index (χ0) is 11.4. The second-order valence-corrected chi connectivity index (χ2v) is 4.25. The molecule has 0 saturated heterocycles. The first-order chi connectivity index (χ1) is 7.81. The van der Waals surface area contributed by atoms with Crippen LogP contribution in [0.15, 0.2) is 35.6 Å². The summed E-state index contributed by atoms with van der Waals surface area (Å²) in [4.78, 5) is 0. The van der Waals surface area contributed by atoms with Crippen LogP contribution in [0.25, 0.3) is 0 Å². The maximum absolute atomic E-state index is 5.98. The molecule has 1 aromatic carbocycles. The Hall–Kier alpha value is -1.62. The number of nitrogens with zero attached hydrogens (tertiary/aromatic N) is 2. The lowest BCUT2D eigenvalue weighted by Crippen LogP contribution is -2.30. The van der Waals surface area contributed by atoms with Gasteiger partial charge in [0.2, 0.25) is 0 Å². The van der Waals surface area contributed by atoms with Gasteiger partial charge in [-0.1, -0.05) is 6.07 Å². The molecule has 0 saturated carbocycles. The molecule has 5 heteroatoms. The zero-order valence-corrected chi connectivity index (χ0v) is 9.87. The summed E-state index contributed by atoms with van der Waals surface area (Å²) in [5.41, 5.74) is 11.9. The summed E-state index contributed by atoms with van der Waals surface area (Å²) in [6.07, 6.45) is 7.44. The Kier molecular flexibility index (Phi) is 3.36. The number of benzene rings is 1. The van der Waals surface area contributed by atoms with E-state index in [9.17, 15) is 0 Å². The van der Waals surface area contributed by atoms with Crippen LogP contribution in [0, 0.1) is 0 Å². The Morgan fingerprint density at radius 1 is 1.50 bits per heavy atom. The SMILES string of the molecule is CSCc1ccc(N2N=CC=CN2)cc1N. The summed E-state index contributed by atoms with van der Waals surface area (Å²) < 4.78 is 0. The molecule has 1 heterocycles. The molecule has 0 unspecified atom stereocenters. The number of nitrogen functional groups attached to an aromatic ring is 1. The predicted molar refractivity (Wildman–Crippen MR) is 71.3 cm³/mol. The molecular weight excluding hydrogens is 220 g/mol. The minimum absolute atomic E-state index is 0.804. The molecule has 0 aliphatic carbocycles. The first kappa shape index (κ1) is 10.9.